The highest BCUT2D eigenvalue weighted by molar-refractivity contribution is 7.80. The van der Waals surface area contributed by atoms with Gasteiger partial charge in [0.1, 0.15) is 17.9 Å². The molecule has 6 N–H and O–H groups in total. The van der Waals surface area contributed by atoms with Crippen molar-refractivity contribution < 1.29 is 28.8 Å². The van der Waals surface area contributed by atoms with Crippen LogP contribution in [-0.2, 0) is 28.8 Å². The number of amides is 5. The van der Waals surface area contributed by atoms with Crippen LogP contribution in [0, 0.1) is 0 Å². The van der Waals surface area contributed by atoms with Crippen LogP contribution in [0.25, 0.3) is 0 Å². The molecule has 0 aliphatic carbocycles. The molecule has 0 aromatic heterocycles. The monoisotopic (exact) mass is 464 g/mol. The Morgan fingerprint density at radius 2 is 1.10 bits per heavy atom. The van der Waals surface area contributed by atoms with E-state index in [1.165, 1.54) is 6.92 Å². The van der Waals surface area contributed by atoms with E-state index in [0.717, 1.165) is 0 Å². The first kappa shape index (κ1) is 27.7. The number of likely N-dealkylation sites (N-methyl/N-ethyl adjacent to an activating group) is 1. The van der Waals surface area contributed by atoms with Gasteiger partial charge in [0, 0.05) is 11.5 Å². The molecule has 0 rings (SSSR count). The molecule has 30 heavy (non-hydrogen) atoms. The predicted molar refractivity (Wildman–Crippen MR) is 115 cm³/mol. The summed E-state index contributed by atoms with van der Waals surface area (Å²) in [5.41, 5.74) is 0. The molecule has 2 atom stereocenters. The summed E-state index contributed by atoms with van der Waals surface area (Å²) < 4.78 is 0. The van der Waals surface area contributed by atoms with Gasteiger partial charge in [0.2, 0.25) is 29.5 Å². The fourth-order valence-corrected chi connectivity index (χ4v) is 2.42. The van der Waals surface area contributed by atoms with Crippen LogP contribution in [0.2, 0.25) is 0 Å². The highest BCUT2D eigenvalue weighted by Gasteiger charge is 2.22. The van der Waals surface area contributed by atoms with Gasteiger partial charge in [-0.3, -0.25) is 28.8 Å². The van der Waals surface area contributed by atoms with Crippen LogP contribution >= 0.6 is 25.3 Å². The third-order valence-electron chi connectivity index (χ3n) is 3.39. The first-order valence-corrected chi connectivity index (χ1v) is 10.2. The van der Waals surface area contributed by atoms with Gasteiger partial charge in [-0.2, -0.15) is 25.3 Å². The molecule has 0 aromatic carbocycles. The maximum absolute atomic E-state index is 12.1. The van der Waals surface area contributed by atoms with Crippen LogP contribution in [0.3, 0.4) is 0 Å². The number of nitrogens with one attached hydrogen (secondary N) is 6. The zero-order chi connectivity index (χ0) is 23.1. The van der Waals surface area contributed by atoms with Crippen molar-refractivity contribution in [1.82, 2.24) is 31.9 Å². The Morgan fingerprint density at radius 3 is 1.50 bits per heavy atom. The fourth-order valence-electron chi connectivity index (χ4n) is 1.91. The molecule has 0 saturated heterocycles. The van der Waals surface area contributed by atoms with E-state index in [1.807, 2.05) is 0 Å². The summed E-state index contributed by atoms with van der Waals surface area (Å²) in [6, 6.07) is -1.98. The summed E-state index contributed by atoms with van der Waals surface area (Å²) in [7, 11) is 1.58. The van der Waals surface area contributed by atoms with Gasteiger partial charge in [0.25, 0.3) is 0 Å². The average Bonchev–Trinajstić information content (AvgIpc) is 2.70. The first-order chi connectivity index (χ1) is 14.1. The summed E-state index contributed by atoms with van der Waals surface area (Å²) >= 11 is 7.98. The molecule has 0 bridgehead atoms. The summed E-state index contributed by atoms with van der Waals surface area (Å²) in [6.45, 7) is 0.354. The number of hydrogen-bond acceptors (Lipinski definition) is 9. The van der Waals surface area contributed by atoms with Crippen molar-refractivity contribution in [2.24, 2.45) is 0 Å². The quantitative estimate of drug-likeness (QED) is 0.121. The molecular weight excluding hydrogens is 436 g/mol. The van der Waals surface area contributed by atoms with Gasteiger partial charge < -0.3 is 31.9 Å². The van der Waals surface area contributed by atoms with Crippen LogP contribution in [0.1, 0.15) is 6.92 Å². The molecule has 0 aliphatic heterocycles. The Bertz CT molecular complexity index is 648. The zero-order valence-electron chi connectivity index (χ0n) is 16.7. The molecule has 2 unspecified atom stereocenters. The van der Waals surface area contributed by atoms with E-state index in [9.17, 15) is 28.8 Å². The molecule has 170 valence electrons. The molecule has 0 heterocycles. The van der Waals surface area contributed by atoms with Gasteiger partial charge in [-0.1, -0.05) is 0 Å². The van der Waals surface area contributed by atoms with Crippen LogP contribution in [-0.4, -0.2) is 92.1 Å². The lowest BCUT2D eigenvalue weighted by molar-refractivity contribution is -0.131. The lowest BCUT2D eigenvalue weighted by atomic mass is 10.3. The second kappa shape index (κ2) is 15.5. The lowest BCUT2D eigenvalue weighted by Gasteiger charge is -2.18. The molecule has 0 spiro atoms. The van der Waals surface area contributed by atoms with Crippen molar-refractivity contribution in [3.63, 3.8) is 0 Å². The van der Waals surface area contributed by atoms with Crippen molar-refractivity contribution in [3.05, 3.63) is 0 Å². The van der Waals surface area contributed by atoms with Gasteiger partial charge in [-0.05, 0) is 14.0 Å². The number of rotatable bonds is 14. The minimum absolute atomic E-state index is 0.0174. The zero-order valence-corrected chi connectivity index (χ0v) is 18.5. The lowest BCUT2D eigenvalue weighted by Crippen LogP contribution is -2.54. The van der Waals surface area contributed by atoms with E-state index in [-0.39, 0.29) is 36.9 Å². The van der Waals surface area contributed by atoms with Crippen LogP contribution in [0.5, 0.6) is 0 Å². The van der Waals surface area contributed by atoms with Crippen molar-refractivity contribution >= 4 is 60.6 Å². The Labute approximate surface area is 185 Å². The van der Waals surface area contributed by atoms with Crippen molar-refractivity contribution in [1.29, 1.82) is 0 Å². The van der Waals surface area contributed by atoms with Gasteiger partial charge in [0.15, 0.2) is 0 Å². The largest absolute Gasteiger partial charge is 0.348 e. The van der Waals surface area contributed by atoms with E-state index in [4.69, 9.17) is 0 Å². The Balaban J connectivity index is 4.45. The number of ketones is 1. The smallest absolute Gasteiger partial charge is 0.243 e. The van der Waals surface area contributed by atoms with E-state index in [2.05, 4.69) is 57.2 Å². The second-order valence-corrected chi connectivity index (χ2v) is 6.78. The van der Waals surface area contributed by atoms with Gasteiger partial charge >= 0.3 is 0 Å². The topological polar surface area (TPSA) is 175 Å². The summed E-state index contributed by atoms with van der Waals surface area (Å²) in [5, 5.41) is 14.4. The molecule has 14 heteroatoms. The molecule has 12 nitrogen and oxygen atoms in total. The molecule has 0 radical (unpaired) electrons. The molecular formula is C16H28N6O6S2. The first-order valence-electron chi connectivity index (χ1n) is 8.91. The van der Waals surface area contributed by atoms with Crippen LogP contribution in [0.4, 0.5) is 0 Å². The van der Waals surface area contributed by atoms with E-state index in [0.29, 0.717) is 0 Å². The van der Waals surface area contributed by atoms with Gasteiger partial charge in [-0.15, -0.1) is 0 Å². The number of carbonyl (C=O) groups is 6. The van der Waals surface area contributed by atoms with E-state index < -0.39 is 48.2 Å². The minimum atomic E-state index is -1.05. The van der Waals surface area contributed by atoms with Gasteiger partial charge in [-0.25, -0.2) is 0 Å². The van der Waals surface area contributed by atoms with Crippen LogP contribution in [0.15, 0.2) is 0 Å². The maximum atomic E-state index is 12.1. The maximum Gasteiger partial charge on any atom is 0.243 e. The SMILES string of the molecule is CNCC(=O)NC(CS)C(=O)NCC(=O)NC(CS)C(=O)NCC(=O)NCC(C)=O. The number of Topliss-reactive ketones (excluding diaryl/α,β-unsaturated/α-hetero) is 1. The number of hydrogen-bond donors (Lipinski definition) is 8. The minimum Gasteiger partial charge on any atom is -0.348 e. The third-order valence-corrected chi connectivity index (χ3v) is 4.12. The highest BCUT2D eigenvalue weighted by atomic mass is 32.1. The van der Waals surface area contributed by atoms with E-state index >= 15 is 0 Å². The Kier molecular flexibility index (Phi) is 14.3. The Hall–Kier alpha value is -2.32. The molecule has 0 saturated carbocycles. The average molecular weight is 465 g/mol. The standard InChI is InChI=1S/C16H28N6O6S2/c1-9(23)3-18-12(24)5-19-15(27)11(8-30)22-14(26)6-20-16(28)10(7-29)21-13(25)4-17-2/h10-11,17,29-30H,3-8H2,1-2H3,(H,18,24)(H,19,27)(H,20,28)(H,21,25)(H,22,26). The van der Waals surface area contributed by atoms with Crippen LogP contribution < -0.4 is 31.9 Å². The summed E-state index contributed by atoms with van der Waals surface area (Å²) in [6.07, 6.45) is 0. The number of carbonyl (C=O) groups excluding carboxylic acids is 6. The van der Waals surface area contributed by atoms with Crippen molar-refractivity contribution in [2.75, 3.05) is 44.7 Å². The van der Waals surface area contributed by atoms with E-state index in [1.54, 1.807) is 7.05 Å². The van der Waals surface area contributed by atoms with Gasteiger partial charge in [0.05, 0.1) is 26.2 Å². The predicted octanol–water partition coefficient (Wildman–Crippen LogP) is -4.03. The highest BCUT2D eigenvalue weighted by Crippen LogP contribution is 1.91. The van der Waals surface area contributed by atoms with Crippen molar-refractivity contribution in [3.8, 4) is 0 Å². The molecule has 5 amide bonds. The summed E-state index contributed by atoms with van der Waals surface area (Å²) in [4.78, 5) is 69.9. The normalized spacial score (nSPS) is 12.1. The van der Waals surface area contributed by atoms with Crippen molar-refractivity contribution in [2.45, 2.75) is 19.0 Å². The molecule has 0 aromatic rings. The summed E-state index contributed by atoms with van der Waals surface area (Å²) in [5.74, 6) is -3.18. The number of thiol groups is 2. The molecule has 0 aliphatic rings. The Morgan fingerprint density at radius 1 is 0.667 bits per heavy atom. The third kappa shape index (κ3) is 12.3. The molecule has 0 fully saturated rings. The second-order valence-electron chi connectivity index (χ2n) is 6.05. The fraction of sp³-hybridized carbons (Fsp3) is 0.625.